The van der Waals surface area contributed by atoms with E-state index in [1.165, 1.54) is 12.4 Å². The van der Waals surface area contributed by atoms with Gasteiger partial charge in [0.25, 0.3) is 5.91 Å². The second-order valence-corrected chi connectivity index (χ2v) is 9.78. The van der Waals surface area contributed by atoms with Crippen molar-refractivity contribution < 1.29 is 31.3 Å². The van der Waals surface area contributed by atoms with E-state index in [-0.39, 0.29) is 48.1 Å². The Kier molecular flexibility index (Phi) is 7.83. The molecule has 4 heterocycles. The van der Waals surface area contributed by atoms with E-state index in [1.807, 2.05) is 6.92 Å². The lowest BCUT2D eigenvalue weighted by molar-refractivity contribution is 0.0661. The van der Waals surface area contributed by atoms with E-state index < -0.39 is 41.7 Å². The van der Waals surface area contributed by atoms with Crippen LogP contribution in [0.5, 0.6) is 0 Å². The maximum absolute atomic E-state index is 14.3. The summed E-state index contributed by atoms with van der Waals surface area (Å²) in [6.07, 6.45) is 1.13. The number of halogens is 5. The third kappa shape index (κ3) is 5.42. The van der Waals surface area contributed by atoms with E-state index in [0.717, 1.165) is 6.07 Å². The van der Waals surface area contributed by atoms with Crippen LogP contribution in [0.3, 0.4) is 0 Å². The van der Waals surface area contributed by atoms with E-state index in [4.69, 9.17) is 10.3 Å². The normalized spacial score (nSPS) is 20.0. The zero-order chi connectivity index (χ0) is 28.6. The van der Waals surface area contributed by atoms with E-state index in [2.05, 4.69) is 20.1 Å². The molecule has 5 rings (SSSR count). The Hall–Kier alpha value is -3.88. The van der Waals surface area contributed by atoms with E-state index in [0.29, 0.717) is 38.5 Å². The standard InChI is InChI=1S/C25H27F5N8O2/c1-2-38(14-3-5-36(6-4-14)25-34-22(21(29)30)35-40-25)23(39)13-9-32-24(33-10-13)37-11-16(20(31)12-37)15-7-18(27)19(28)8-17(15)26/h7-10,14,16,20-21H,2-6,11-12,31H2,1H3/t16-,20+/m1/s1. The highest BCUT2D eigenvalue weighted by molar-refractivity contribution is 5.94. The number of nitrogens with two attached hydrogens (primary N) is 1. The molecule has 1 amide bonds. The molecule has 0 bridgehead atoms. The molecule has 214 valence electrons. The number of hydrogen-bond acceptors (Lipinski definition) is 9. The van der Waals surface area contributed by atoms with Crippen molar-refractivity contribution in [1.29, 1.82) is 0 Å². The van der Waals surface area contributed by atoms with Crippen LogP contribution in [0.1, 0.15) is 53.9 Å². The minimum Gasteiger partial charge on any atom is -0.339 e. The maximum atomic E-state index is 14.3. The summed E-state index contributed by atoms with van der Waals surface area (Å²) in [6.45, 7) is 3.64. The van der Waals surface area contributed by atoms with Crippen LogP contribution in [-0.2, 0) is 0 Å². The minimum absolute atomic E-state index is 0.0149. The van der Waals surface area contributed by atoms with Crippen molar-refractivity contribution in [2.45, 2.75) is 44.2 Å². The highest BCUT2D eigenvalue weighted by Gasteiger charge is 2.35. The number of hydrogen-bond donors (Lipinski definition) is 1. The van der Waals surface area contributed by atoms with Crippen molar-refractivity contribution >= 4 is 17.9 Å². The average Bonchev–Trinajstić information content (AvgIpc) is 3.59. The Morgan fingerprint density at radius 1 is 1.07 bits per heavy atom. The van der Waals surface area contributed by atoms with Crippen LogP contribution in [0.4, 0.5) is 33.9 Å². The molecule has 0 saturated carbocycles. The Balaban J connectivity index is 1.21. The first-order valence-electron chi connectivity index (χ1n) is 12.8. The Bertz CT molecular complexity index is 1350. The molecule has 15 heteroatoms. The van der Waals surface area contributed by atoms with Crippen molar-refractivity contribution in [3.05, 3.63) is 58.9 Å². The molecule has 0 spiro atoms. The van der Waals surface area contributed by atoms with Crippen molar-refractivity contribution in [2.75, 3.05) is 42.5 Å². The van der Waals surface area contributed by atoms with Crippen LogP contribution in [0.25, 0.3) is 0 Å². The van der Waals surface area contributed by atoms with Gasteiger partial charge in [0, 0.05) is 69.2 Å². The zero-order valence-electron chi connectivity index (χ0n) is 21.5. The summed E-state index contributed by atoms with van der Waals surface area (Å²) in [7, 11) is 0. The van der Waals surface area contributed by atoms with Crippen LogP contribution in [0.2, 0.25) is 0 Å². The Morgan fingerprint density at radius 3 is 2.38 bits per heavy atom. The van der Waals surface area contributed by atoms with Gasteiger partial charge in [-0.25, -0.2) is 31.9 Å². The molecule has 2 saturated heterocycles. The van der Waals surface area contributed by atoms with Crippen LogP contribution in [-0.4, -0.2) is 75.7 Å². The summed E-state index contributed by atoms with van der Waals surface area (Å²) in [6, 6.07) is 0.694. The van der Waals surface area contributed by atoms with Gasteiger partial charge in [0.1, 0.15) is 5.82 Å². The molecular weight excluding hydrogens is 539 g/mol. The largest absolute Gasteiger partial charge is 0.339 e. The van der Waals surface area contributed by atoms with E-state index in [9.17, 15) is 26.7 Å². The maximum Gasteiger partial charge on any atom is 0.324 e. The van der Waals surface area contributed by atoms with Crippen molar-refractivity contribution in [1.82, 2.24) is 25.0 Å². The van der Waals surface area contributed by atoms with Crippen molar-refractivity contribution in [2.24, 2.45) is 5.73 Å². The lowest BCUT2D eigenvalue weighted by Gasteiger charge is -2.37. The van der Waals surface area contributed by atoms with Gasteiger partial charge in [0.05, 0.1) is 5.56 Å². The molecule has 2 atom stereocenters. The fourth-order valence-corrected chi connectivity index (χ4v) is 5.28. The molecule has 0 unspecified atom stereocenters. The zero-order valence-corrected chi connectivity index (χ0v) is 21.5. The van der Waals surface area contributed by atoms with Crippen molar-refractivity contribution in [3.8, 4) is 0 Å². The van der Waals surface area contributed by atoms with Gasteiger partial charge in [0.15, 0.2) is 11.6 Å². The van der Waals surface area contributed by atoms with Crippen LogP contribution >= 0.6 is 0 Å². The van der Waals surface area contributed by atoms with Gasteiger partial charge in [-0.15, -0.1) is 0 Å². The molecule has 2 aliphatic heterocycles. The predicted octanol–water partition coefficient (Wildman–Crippen LogP) is 3.28. The summed E-state index contributed by atoms with van der Waals surface area (Å²) in [4.78, 5) is 30.8. The second-order valence-electron chi connectivity index (χ2n) is 9.78. The SMILES string of the molecule is CCN(C(=O)c1cnc(N2C[C@H](c3cc(F)c(F)cc3F)[C@@H](N)C2)nc1)C1CCN(c2nc(C(F)F)no2)CC1. The quantitative estimate of drug-likeness (QED) is 0.340. The molecule has 0 radical (unpaired) electrons. The molecule has 10 nitrogen and oxygen atoms in total. The lowest BCUT2D eigenvalue weighted by atomic mass is 9.94. The number of amides is 1. The molecule has 1 aromatic carbocycles. The van der Waals surface area contributed by atoms with Crippen LogP contribution in [0, 0.1) is 17.5 Å². The first-order valence-corrected chi connectivity index (χ1v) is 12.8. The van der Waals surface area contributed by atoms with Gasteiger partial charge >= 0.3 is 12.4 Å². The Labute approximate surface area is 226 Å². The van der Waals surface area contributed by atoms with Gasteiger partial charge in [-0.3, -0.25) is 4.79 Å². The summed E-state index contributed by atoms with van der Waals surface area (Å²) in [5.74, 6) is -4.53. The first-order chi connectivity index (χ1) is 19.2. The van der Waals surface area contributed by atoms with E-state index >= 15 is 0 Å². The number of carbonyl (C=O) groups excluding carboxylic acids is 1. The molecule has 0 aliphatic carbocycles. The fourth-order valence-electron chi connectivity index (χ4n) is 5.28. The highest BCUT2D eigenvalue weighted by atomic mass is 19.3. The molecule has 2 N–H and O–H groups in total. The third-order valence-corrected chi connectivity index (χ3v) is 7.38. The highest BCUT2D eigenvalue weighted by Crippen LogP contribution is 2.31. The number of rotatable bonds is 7. The number of alkyl halides is 2. The second kappa shape index (κ2) is 11.3. The fraction of sp³-hybridized carbons (Fsp3) is 0.480. The number of aromatic nitrogens is 4. The summed E-state index contributed by atoms with van der Waals surface area (Å²) in [5.41, 5.74) is 6.45. The molecule has 2 fully saturated rings. The predicted molar refractivity (Wildman–Crippen MR) is 132 cm³/mol. The van der Waals surface area contributed by atoms with E-state index in [1.54, 1.807) is 14.7 Å². The van der Waals surface area contributed by atoms with Crippen LogP contribution in [0.15, 0.2) is 29.0 Å². The summed E-state index contributed by atoms with van der Waals surface area (Å²) < 4.78 is 71.9. The van der Waals surface area contributed by atoms with Crippen LogP contribution < -0.4 is 15.5 Å². The van der Waals surface area contributed by atoms with Crippen molar-refractivity contribution in [3.63, 3.8) is 0 Å². The van der Waals surface area contributed by atoms with Gasteiger partial charge in [-0.1, -0.05) is 5.16 Å². The Morgan fingerprint density at radius 2 is 1.75 bits per heavy atom. The number of nitrogens with zero attached hydrogens (tertiary/aromatic N) is 7. The van der Waals surface area contributed by atoms with Gasteiger partial charge < -0.3 is 25.0 Å². The topological polar surface area (TPSA) is 118 Å². The molecule has 2 aromatic heterocycles. The molecule has 40 heavy (non-hydrogen) atoms. The average molecular weight is 567 g/mol. The molecule has 2 aliphatic rings. The summed E-state index contributed by atoms with van der Waals surface area (Å²) >= 11 is 0. The first kappa shape index (κ1) is 27.7. The van der Waals surface area contributed by atoms with Gasteiger partial charge in [-0.2, -0.15) is 4.98 Å². The molecule has 3 aromatic rings. The third-order valence-electron chi connectivity index (χ3n) is 7.38. The number of piperidine rings is 1. The lowest BCUT2D eigenvalue weighted by Crippen LogP contribution is -2.47. The number of carbonyl (C=O) groups is 1. The van der Waals surface area contributed by atoms with Gasteiger partial charge in [0.2, 0.25) is 11.8 Å². The minimum atomic E-state index is -2.82. The number of benzene rings is 1. The smallest absolute Gasteiger partial charge is 0.324 e. The number of anilines is 2. The monoisotopic (exact) mass is 566 g/mol. The summed E-state index contributed by atoms with van der Waals surface area (Å²) in [5, 5.41) is 3.29. The van der Waals surface area contributed by atoms with Gasteiger partial charge in [-0.05, 0) is 31.4 Å². The molecular formula is C25H27F5N8O2.